The first-order valence-corrected chi connectivity index (χ1v) is 9.16. The van der Waals surface area contributed by atoms with Gasteiger partial charge in [0.05, 0.1) is 40.6 Å². The van der Waals surface area contributed by atoms with E-state index in [0.29, 0.717) is 54.0 Å². The maximum atomic E-state index is 12.8. The number of aromatic nitrogens is 4. The minimum Gasteiger partial charge on any atom is -0.341 e. The highest BCUT2D eigenvalue weighted by molar-refractivity contribution is 5.77. The number of aryl methyl sites for hydroxylation is 1. The predicted molar refractivity (Wildman–Crippen MR) is 105 cm³/mol. The number of hydrogen-bond acceptors (Lipinski definition) is 7. The lowest BCUT2D eigenvalue weighted by atomic mass is 10.0. The van der Waals surface area contributed by atoms with Crippen LogP contribution >= 0.6 is 0 Å². The van der Waals surface area contributed by atoms with Gasteiger partial charge in [-0.15, -0.1) is 0 Å². The van der Waals surface area contributed by atoms with Crippen LogP contribution in [0.1, 0.15) is 30.0 Å². The van der Waals surface area contributed by atoms with E-state index in [-0.39, 0.29) is 6.04 Å². The summed E-state index contributed by atoms with van der Waals surface area (Å²) >= 11 is 0. The van der Waals surface area contributed by atoms with Gasteiger partial charge < -0.3 is 9.47 Å². The molecule has 0 atom stereocenters. The first-order chi connectivity index (χ1) is 14.0. The number of rotatable bonds is 2. The van der Waals surface area contributed by atoms with Gasteiger partial charge in [-0.25, -0.2) is 9.97 Å². The zero-order chi connectivity index (χ0) is 20.5. The summed E-state index contributed by atoms with van der Waals surface area (Å²) in [5.74, 6) is 0.537. The molecule has 144 valence electrons. The fraction of sp³-hybridized carbons (Fsp3) is 0.300. The lowest BCUT2D eigenvalue weighted by molar-refractivity contribution is 0.391. The van der Waals surface area contributed by atoms with E-state index in [4.69, 9.17) is 5.26 Å². The molecule has 2 aromatic heterocycles. The Bertz CT molecular complexity index is 1280. The Morgan fingerprint density at radius 1 is 0.966 bits per heavy atom. The van der Waals surface area contributed by atoms with Crippen molar-refractivity contribution in [1.29, 1.82) is 10.5 Å². The van der Waals surface area contributed by atoms with Crippen LogP contribution < -0.4 is 16.0 Å². The fourth-order valence-electron chi connectivity index (χ4n) is 3.76. The van der Waals surface area contributed by atoms with Gasteiger partial charge in [-0.3, -0.25) is 14.2 Å². The van der Waals surface area contributed by atoms with E-state index < -0.39 is 11.1 Å². The third-order valence-electron chi connectivity index (χ3n) is 5.31. The first-order valence-electron chi connectivity index (χ1n) is 9.16. The van der Waals surface area contributed by atoms with E-state index in [2.05, 4.69) is 16.0 Å². The molecule has 4 rings (SSSR count). The Kier molecular flexibility index (Phi) is 4.57. The molecule has 0 aliphatic carbocycles. The number of hydrogen-bond donors (Lipinski definition) is 0. The number of benzene rings is 1. The molecule has 0 bridgehead atoms. The third-order valence-corrected chi connectivity index (χ3v) is 5.31. The molecular weight excluding hydrogens is 370 g/mol. The monoisotopic (exact) mass is 387 g/mol. The zero-order valence-electron chi connectivity index (χ0n) is 15.7. The van der Waals surface area contributed by atoms with Gasteiger partial charge in [-0.2, -0.15) is 10.5 Å². The summed E-state index contributed by atoms with van der Waals surface area (Å²) in [4.78, 5) is 35.7. The molecule has 3 heterocycles. The van der Waals surface area contributed by atoms with Gasteiger partial charge in [-0.1, -0.05) is 0 Å². The van der Waals surface area contributed by atoms with Gasteiger partial charge in [0, 0.05) is 26.2 Å². The second kappa shape index (κ2) is 7.21. The molecule has 0 N–H and O–H groups in total. The van der Waals surface area contributed by atoms with Crippen LogP contribution in [0.2, 0.25) is 0 Å². The van der Waals surface area contributed by atoms with Crippen LogP contribution in [0.4, 0.5) is 5.95 Å². The molecule has 1 aliphatic rings. The summed E-state index contributed by atoms with van der Waals surface area (Å²) in [6.45, 7) is 1.22. The van der Waals surface area contributed by atoms with Crippen molar-refractivity contribution in [3.8, 4) is 12.1 Å². The highest BCUT2D eigenvalue weighted by Gasteiger charge is 2.25. The van der Waals surface area contributed by atoms with Crippen LogP contribution in [-0.2, 0) is 7.05 Å². The third kappa shape index (κ3) is 3.13. The van der Waals surface area contributed by atoms with Crippen molar-refractivity contribution in [3.05, 3.63) is 62.4 Å². The van der Waals surface area contributed by atoms with Crippen LogP contribution in [0, 0.1) is 22.7 Å². The Morgan fingerprint density at radius 2 is 1.62 bits per heavy atom. The largest absolute Gasteiger partial charge is 0.341 e. The molecule has 3 aromatic rings. The van der Waals surface area contributed by atoms with Crippen molar-refractivity contribution >= 4 is 17.0 Å². The molecule has 1 aliphatic heterocycles. The number of nitrogens with zero attached hydrogens (tertiary/aromatic N) is 7. The van der Waals surface area contributed by atoms with Crippen molar-refractivity contribution < 1.29 is 0 Å². The second-order valence-corrected chi connectivity index (χ2v) is 6.96. The van der Waals surface area contributed by atoms with Gasteiger partial charge >= 0.3 is 11.1 Å². The van der Waals surface area contributed by atoms with Gasteiger partial charge in [0.1, 0.15) is 6.07 Å². The lowest BCUT2D eigenvalue weighted by Gasteiger charge is -2.33. The molecule has 29 heavy (non-hydrogen) atoms. The lowest BCUT2D eigenvalue weighted by Crippen LogP contribution is -2.45. The fourth-order valence-corrected chi connectivity index (χ4v) is 3.76. The normalized spacial score (nSPS) is 14.5. The zero-order valence-corrected chi connectivity index (χ0v) is 15.7. The van der Waals surface area contributed by atoms with Gasteiger partial charge in [-0.05, 0) is 31.0 Å². The van der Waals surface area contributed by atoms with Crippen LogP contribution in [0.3, 0.4) is 0 Å². The van der Waals surface area contributed by atoms with E-state index in [1.165, 1.54) is 21.5 Å². The average Bonchev–Trinajstić information content (AvgIpc) is 2.78. The standard InChI is InChI=1S/C20H17N7O2/c1-25-16-3-2-13(9-21)8-17(16)27(19(29)18(25)28)15-4-6-26(7-5-15)20-23-11-14(10-22)12-24-20/h2-3,8,11-12,15H,4-7H2,1H3. The molecule has 0 amide bonds. The molecule has 9 nitrogen and oxygen atoms in total. The van der Waals surface area contributed by atoms with Gasteiger partial charge in [0.15, 0.2) is 0 Å². The molecule has 0 radical (unpaired) electrons. The summed E-state index contributed by atoms with van der Waals surface area (Å²) in [5, 5.41) is 18.1. The minimum absolute atomic E-state index is 0.164. The molecule has 0 spiro atoms. The summed E-state index contributed by atoms with van der Waals surface area (Å²) in [6, 6.07) is 8.92. The van der Waals surface area contributed by atoms with Gasteiger partial charge in [0.25, 0.3) is 0 Å². The van der Waals surface area contributed by atoms with Crippen molar-refractivity contribution in [2.45, 2.75) is 18.9 Å². The summed E-state index contributed by atoms with van der Waals surface area (Å²) < 4.78 is 2.87. The summed E-state index contributed by atoms with van der Waals surface area (Å²) in [6.07, 6.45) is 4.22. The van der Waals surface area contributed by atoms with Crippen molar-refractivity contribution in [3.63, 3.8) is 0 Å². The smallest absolute Gasteiger partial charge is 0.317 e. The van der Waals surface area contributed by atoms with Crippen LogP contribution in [-0.4, -0.2) is 32.2 Å². The van der Waals surface area contributed by atoms with Crippen LogP contribution in [0.25, 0.3) is 11.0 Å². The molecule has 0 unspecified atom stereocenters. The van der Waals surface area contributed by atoms with E-state index in [1.807, 2.05) is 11.0 Å². The van der Waals surface area contributed by atoms with Crippen molar-refractivity contribution in [2.24, 2.45) is 7.05 Å². The topological polar surface area (TPSA) is 121 Å². The van der Waals surface area contributed by atoms with Gasteiger partial charge in [0.2, 0.25) is 5.95 Å². The molecular formula is C20H17N7O2. The van der Waals surface area contributed by atoms with Crippen LogP contribution in [0.15, 0.2) is 40.2 Å². The van der Waals surface area contributed by atoms with E-state index >= 15 is 0 Å². The maximum absolute atomic E-state index is 12.8. The Morgan fingerprint density at radius 3 is 2.24 bits per heavy atom. The molecule has 0 saturated carbocycles. The molecule has 1 fully saturated rings. The average molecular weight is 387 g/mol. The van der Waals surface area contributed by atoms with E-state index in [9.17, 15) is 14.9 Å². The van der Waals surface area contributed by atoms with E-state index in [0.717, 1.165) is 0 Å². The number of fused-ring (bicyclic) bond motifs is 1. The van der Waals surface area contributed by atoms with Crippen molar-refractivity contribution in [1.82, 2.24) is 19.1 Å². The Hall–Kier alpha value is -3.98. The van der Waals surface area contributed by atoms with Crippen LogP contribution in [0.5, 0.6) is 0 Å². The number of anilines is 1. The minimum atomic E-state index is -0.583. The number of piperidine rings is 1. The molecule has 9 heteroatoms. The molecule has 1 saturated heterocycles. The second-order valence-electron chi connectivity index (χ2n) is 6.96. The summed E-state index contributed by atoms with van der Waals surface area (Å²) in [5.41, 5.74) is 0.877. The highest BCUT2D eigenvalue weighted by Crippen LogP contribution is 2.26. The highest BCUT2D eigenvalue weighted by atomic mass is 16.2. The first kappa shape index (κ1) is 18.4. The van der Waals surface area contributed by atoms with Crippen molar-refractivity contribution in [2.75, 3.05) is 18.0 Å². The molecule has 1 aromatic carbocycles. The Labute approximate surface area is 165 Å². The maximum Gasteiger partial charge on any atom is 0.317 e. The SMILES string of the molecule is Cn1c(=O)c(=O)n(C2CCN(c3ncc(C#N)cn3)CC2)c2cc(C#N)ccc21. The summed E-state index contributed by atoms with van der Waals surface area (Å²) in [7, 11) is 1.56. The quantitative estimate of drug-likeness (QED) is 0.603. The Balaban J connectivity index is 1.69. The predicted octanol–water partition coefficient (Wildman–Crippen LogP) is 1.08. The number of nitriles is 2. The van der Waals surface area contributed by atoms with E-state index in [1.54, 1.807) is 25.2 Å².